The summed E-state index contributed by atoms with van der Waals surface area (Å²) in [4.78, 5) is 36.8. The molecule has 2 N–H and O–H groups in total. The van der Waals surface area contributed by atoms with Crippen molar-refractivity contribution >= 4 is 22.6 Å². The fraction of sp³-hybridized carbons (Fsp3) is 0.440. The van der Waals surface area contributed by atoms with Crippen LogP contribution in [0.25, 0.3) is 27.8 Å². The number of amides is 1. The summed E-state index contributed by atoms with van der Waals surface area (Å²) in [6.07, 6.45) is 5.94. The van der Waals surface area contributed by atoms with Crippen molar-refractivity contribution in [1.29, 1.82) is 0 Å². The van der Waals surface area contributed by atoms with Crippen molar-refractivity contribution in [3.8, 4) is 11.1 Å². The number of likely N-dealkylation sites (N-methyl/N-ethyl adjacent to an activating group) is 1. The van der Waals surface area contributed by atoms with E-state index in [0.717, 1.165) is 52.0 Å². The lowest BCUT2D eigenvalue weighted by Crippen LogP contribution is -2.43. The van der Waals surface area contributed by atoms with E-state index < -0.39 is 0 Å². The Labute approximate surface area is 198 Å². The summed E-state index contributed by atoms with van der Waals surface area (Å²) in [5, 5.41) is 4.20. The highest BCUT2D eigenvalue weighted by molar-refractivity contribution is 5.84. The number of likely N-dealkylation sites (tertiary alicyclic amines) is 1. The summed E-state index contributed by atoms with van der Waals surface area (Å²) in [6.45, 7) is 8.71. The fourth-order valence-corrected chi connectivity index (χ4v) is 4.53. The van der Waals surface area contributed by atoms with Gasteiger partial charge in [0.25, 0.3) is 0 Å². The third-order valence-electron chi connectivity index (χ3n) is 6.19. The fourth-order valence-electron chi connectivity index (χ4n) is 4.53. The molecule has 1 atom stereocenters. The molecule has 5 rings (SSSR count). The zero-order chi connectivity index (χ0) is 24.4. The maximum atomic E-state index is 11.6. The van der Waals surface area contributed by atoms with E-state index in [2.05, 4.69) is 33.0 Å². The number of aryl methyl sites for hydroxylation is 2. The minimum Gasteiger partial charge on any atom is -0.341 e. The van der Waals surface area contributed by atoms with Gasteiger partial charge in [-0.2, -0.15) is 5.10 Å². The number of piperidine rings is 1. The average Bonchev–Trinajstić information content (AvgIpc) is 3.38. The zero-order valence-corrected chi connectivity index (χ0v) is 20.6. The molecule has 1 aliphatic rings. The van der Waals surface area contributed by atoms with Crippen molar-refractivity contribution in [1.82, 2.24) is 34.4 Å². The number of carbonyl (C=O) groups excluding carboxylic acids is 1. The number of hydrogen-bond acceptors (Lipinski definition) is 5. The maximum absolute atomic E-state index is 11.6. The second kappa shape index (κ2) is 9.80. The number of aromatic nitrogens is 5. The molecule has 4 heterocycles. The zero-order valence-electron chi connectivity index (χ0n) is 20.6. The topological polar surface area (TPSA) is 102 Å². The Balaban J connectivity index is 0.000000182. The molecule has 9 heteroatoms. The molecule has 4 aromatic rings. The van der Waals surface area contributed by atoms with Crippen LogP contribution in [0, 0.1) is 19.8 Å². The average molecular weight is 464 g/mol. The van der Waals surface area contributed by atoms with E-state index in [4.69, 9.17) is 0 Å². The smallest absolute Gasteiger partial charge is 0.323 e. The number of fused-ring (bicyclic) bond motifs is 2. The number of nitrogens with zero attached hydrogens (tertiary/aromatic N) is 5. The number of rotatable bonds is 3. The van der Waals surface area contributed by atoms with Crippen LogP contribution >= 0.6 is 0 Å². The second-order valence-corrected chi connectivity index (χ2v) is 9.56. The van der Waals surface area contributed by atoms with Gasteiger partial charge in [-0.05, 0) is 81.6 Å². The molecule has 1 aliphatic heterocycles. The minimum absolute atomic E-state index is 0.190. The van der Waals surface area contributed by atoms with Crippen LogP contribution in [-0.2, 0) is 4.79 Å². The Hall–Kier alpha value is -3.46. The predicted molar refractivity (Wildman–Crippen MR) is 134 cm³/mol. The molecule has 1 aromatic carbocycles. The summed E-state index contributed by atoms with van der Waals surface area (Å²) < 4.78 is 1.77. The van der Waals surface area contributed by atoms with Crippen LogP contribution < -0.4 is 5.69 Å². The highest BCUT2D eigenvalue weighted by Crippen LogP contribution is 2.28. The number of aromatic amines is 2. The Kier molecular flexibility index (Phi) is 6.83. The maximum Gasteiger partial charge on any atom is 0.323 e. The lowest BCUT2D eigenvalue weighted by atomic mass is 10.0. The van der Waals surface area contributed by atoms with Crippen molar-refractivity contribution in [3.63, 3.8) is 0 Å². The van der Waals surface area contributed by atoms with Gasteiger partial charge in [0, 0.05) is 24.8 Å². The molecule has 0 spiro atoms. The Morgan fingerprint density at radius 3 is 2.59 bits per heavy atom. The molecule has 34 heavy (non-hydrogen) atoms. The Morgan fingerprint density at radius 2 is 1.88 bits per heavy atom. The third-order valence-corrected chi connectivity index (χ3v) is 6.19. The van der Waals surface area contributed by atoms with Crippen molar-refractivity contribution in [2.24, 2.45) is 5.92 Å². The van der Waals surface area contributed by atoms with Crippen LogP contribution in [0.15, 0.2) is 35.5 Å². The van der Waals surface area contributed by atoms with Gasteiger partial charge in [0.05, 0.1) is 17.6 Å². The number of nitrogens with one attached hydrogen (secondary N) is 2. The first-order valence-corrected chi connectivity index (χ1v) is 11.7. The predicted octanol–water partition coefficient (Wildman–Crippen LogP) is 2.99. The number of benzene rings is 1. The molecule has 180 valence electrons. The van der Waals surface area contributed by atoms with Crippen molar-refractivity contribution < 1.29 is 4.79 Å². The summed E-state index contributed by atoms with van der Waals surface area (Å²) >= 11 is 0. The van der Waals surface area contributed by atoms with Gasteiger partial charge in [-0.1, -0.05) is 6.92 Å². The van der Waals surface area contributed by atoms with E-state index in [1.165, 1.54) is 12.8 Å². The number of hydrogen-bond donors (Lipinski definition) is 2. The largest absolute Gasteiger partial charge is 0.341 e. The highest BCUT2D eigenvalue weighted by atomic mass is 16.2. The summed E-state index contributed by atoms with van der Waals surface area (Å²) in [6, 6.07) is 6.05. The number of pyridine rings is 1. The van der Waals surface area contributed by atoms with E-state index in [9.17, 15) is 9.59 Å². The van der Waals surface area contributed by atoms with Gasteiger partial charge in [0.2, 0.25) is 5.91 Å². The van der Waals surface area contributed by atoms with Crippen LogP contribution in [0.5, 0.6) is 0 Å². The van der Waals surface area contributed by atoms with E-state index in [1.807, 2.05) is 56.1 Å². The lowest BCUT2D eigenvalue weighted by molar-refractivity contribution is -0.133. The van der Waals surface area contributed by atoms with Gasteiger partial charge < -0.3 is 19.8 Å². The number of carbonyl (C=O) groups is 1. The quantitative estimate of drug-likeness (QED) is 0.486. The molecule has 0 radical (unpaired) electrons. The Morgan fingerprint density at radius 1 is 1.15 bits per heavy atom. The van der Waals surface area contributed by atoms with Gasteiger partial charge in [0.15, 0.2) is 5.65 Å². The van der Waals surface area contributed by atoms with E-state index in [0.29, 0.717) is 12.5 Å². The molecular weight excluding hydrogens is 430 g/mol. The van der Waals surface area contributed by atoms with Crippen LogP contribution in [-0.4, -0.2) is 74.0 Å². The molecule has 9 nitrogen and oxygen atoms in total. The summed E-state index contributed by atoms with van der Waals surface area (Å²) in [5.41, 5.74) is 6.56. The van der Waals surface area contributed by atoms with Gasteiger partial charge in [-0.3, -0.25) is 4.79 Å². The van der Waals surface area contributed by atoms with Gasteiger partial charge in [-0.25, -0.2) is 14.3 Å². The molecule has 0 unspecified atom stereocenters. The number of H-pyrrole nitrogens is 2. The highest BCUT2D eigenvalue weighted by Gasteiger charge is 2.20. The van der Waals surface area contributed by atoms with E-state index in [-0.39, 0.29) is 11.6 Å². The van der Waals surface area contributed by atoms with E-state index in [1.54, 1.807) is 10.8 Å². The minimum atomic E-state index is -0.190. The molecule has 1 fully saturated rings. The SMILES string of the molecule is C[C@H]1CCCN(C(=O)CN(C)C)C1.Cc1cc2[nH]c(=O)[nH]c2cc1-c1cc(C)c2ncnn2c1. The van der Waals surface area contributed by atoms with Crippen molar-refractivity contribution in [2.75, 3.05) is 33.7 Å². The second-order valence-electron chi connectivity index (χ2n) is 9.56. The van der Waals surface area contributed by atoms with Crippen molar-refractivity contribution in [2.45, 2.75) is 33.6 Å². The van der Waals surface area contributed by atoms with Crippen LogP contribution in [0.1, 0.15) is 30.9 Å². The van der Waals surface area contributed by atoms with Gasteiger partial charge in [0.1, 0.15) is 6.33 Å². The summed E-state index contributed by atoms with van der Waals surface area (Å²) in [7, 11) is 3.87. The molecule has 1 saturated heterocycles. The molecule has 0 saturated carbocycles. The first kappa shape index (κ1) is 23.7. The summed E-state index contributed by atoms with van der Waals surface area (Å²) in [5.74, 6) is 0.955. The normalized spacial score (nSPS) is 16.2. The molecule has 1 amide bonds. The van der Waals surface area contributed by atoms with Gasteiger partial charge in [-0.15, -0.1) is 0 Å². The van der Waals surface area contributed by atoms with E-state index >= 15 is 0 Å². The number of imidazole rings is 1. The van der Waals surface area contributed by atoms with Crippen molar-refractivity contribution in [3.05, 3.63) is 52.3 Å². The molecular formula is C25H33N7O2. The molecule has 0 aliphatic carbocycles. The molecule has 0 bridgehead atoms. The van der Waals surface area contributed by atoms with Crippen LogP contribution in [0.3, 0.4) is 0 Å². The first-order chi connectivity index (χ1) is 16.2. The first-order valence-electron chi connectivity index (χ1n) is 11.7. The Bertz CT molecular complexity index is 1360. The monoisotopic (exact) mass is 463 g/mol. The third kappa shape index (κ3) is 5.20. The lowest BCUT2D eigenvalue weighted by Gasteiger charge is -2.31. The van der Waals surface area contributed by atoms with Crippen LogP contribution in [0.4, 0.5) is 0 Å². The van der Waals surface area contributed by atoms with Crippen LogP contribution in [0.2, 0.25) is 0 Å². The van der Waals surface area contributed by atoms with Gasteiger partial charge >= 0.3 is 5.69 Å². The molecule has 3 aromatic heterocycles. The standard InChI is InChI=1S/C15H13N5O.C10H20N2O/c1-8-4-12-13(19-15(21)18-12)5-11(8)10-3-9(2)14-16-7-17-20(14)6-10;1-9-5-4-6-12(7-9)10(13)8-11(2)3/h3-7H,1-2H3,(H2,18,19,21);9H,4-8H2,1-3H3/t;9-/m.0/s1.